The molecule has 6 saturated heterocycles. The van der Waals surface area contributed by atoms with E-state index in [4.69, 9.17) is 28.4 Å². The molecule has 0 spiro atoms. The number of carbonyl (C=O) groups is 4. The number of nitrogens with zero attached hydrogens (tertiary/aromatic N) is 7. The number of esters is 4. The van der Waals surface area contributed by atoms with Crippen LogP contribution < -0.4 is 10.6 Å². The van der Waals surface area contributed by atoms with Crippen molar-refractivity contribution in [3.63, 3.8) is 0 Å². The maximum Gasteiger partial charge on any atom is 0.309 e. The standard InChI is InChI=1S/C30H56N2O4.C22H40N2O6.C14H28N2O2.C13H11N3O/c1-10-22(26(34)36-24-20-29(6,7)32-30(8,9)21-24)16-14-12-11-13-15-17-25(33)35-23-18-27(2,3)31-28(4,5)19-23;1-19(2)11-15(12-20(3,4)23(19)27)29-17(25)9-10-18(26)30-16-13-21(5,6)24(28)22(7,8)14-16;1(3-5-15-7-11-17-12-8-15)2-4-6-16-9-13-18-14-10-16;1-9-6-7-13(17)12(8-9)16-14-10-4-2-3-5-11(10)15-16/h22-24,31-32H,10-21H2,1-9H3;15-16,27-28H,9-14H2,1-8H3;1-14H2;2-8,17H,1H3. The lowest BCUT2D eigenvalue weighted by Crippen LogP contribution is -2.60. The van der Waals surface area contributed by atoms with Gasteiger partial charge in [0.1, 0.15) is 46.9 Å². The van der Waals surface area contributed by atoms with Crippen LogP contribution in [0, 0.1) is 12.8 Å². The highest BCUT2D eigenvalue weighted by Crippen LogP contribution is 2.40. The number of aromatic hydroxyl groups is 1. The van der Waals surface area contributed by atoms with E-state index in [0.717, 1.165) is 140 Å². The summed E-state index contributed by atoms with van der Waals surface area (Å²) in [4.78, 5) is 56.4. The van der Waals surface area contributed by atoms with E-state index in [9.17, 15) is 34.7 Å². The van der Waals surface area contributed by atoms with Crippen molar-refractivity contribution in [2.75, 3.05) is 65.7 Å². The van der Waals surface area contributed by atoms with Crippen molar-refractivity contribution in [2.24, 2.45) is 5.92 Å². The fourth-order valence-electron chi connectivity index (χ4n) is 16.5. The number of piperidine rings is 4. The van der Waals surface area contributed by atoms with Gasteiger partial charge in [-0.15, -0.1) is 15.0 Å². The number of rotatable bonds is 25. The zero-order valence-corrected chi connectivity index (χ0v) is 65.6. The Morgan fingerprint density at radius 3 is 1.26 bits per heavy atom. The van der Waals surface area contributed by atoms with Gasteiger partial charge in [0.15, 0.2) is 0 Å². The maximum absolute atomic E-state index is 12.9. The van der Waals surface area contributed by atoms with Gasteiger partial charge in [-0.3, -0.25) is 29.0 Å². The van der Waals surface area contributed by atoms with Crippen molar-refractivity contribution >= 4 is 34.9 Å². The summed E-state index contributed by atoms with van der Waals surface area (Å²) in [5, 5.41) is 49.1. The molecule has 9 rings (SSSR count). The van der Waals surface area contributed by atoms with Crippen molar-refractivity contribution in [3.8, 4) is 11.4 Å². The van der Waals surface area contributed by atoms with Gasteiger partial charge in [-0.2, -0.15) is 10.1 Å². The lowest BCUT2D eigenvalue weighted by Gasteiger charge is -2.51. The van der Waals surface area contributed by atoms with Gasteiger partial charge in [0.25, 0.3) is 0 Å². The molecular formula is C79H135N9O13. The van der Waals surface area contributed by atoms with Crippen molar-refractivity contribution in [1.82, 2.24) is 45.6 Å². The molecule has 6 aliphatic heterocycles. The van der Waals surface area contributed by atoms with Crippen LogP contribution in [0.4, 0.5) is 0 Å². The molecular weight excluding hydrogens is 1280 g/mol. The minimum absolute atomic E-state index is 0.00324. The number of ether oxygens (including phenoxy) is 6. The van der Waals surface area contributed by atoms with E-state index in [2.05, 4.69) is 92.9 Å². The van der Waals surface area contributed by atoms with Crippen LogP contribution in [0.2, 0.25) is 0 Å². The summed E-state index contributed by atoms with van der Waals surface area (Å²) in [7, 11) is 0. The molecule has 0 aliphatic carbocycles. The fraction of sp³-hybridized carbons (Fsp3) is 0.797. The molecule has 2 aromatic carbocycles. The van der Waals surface area contributed by atoms with Gasteiger partial charge in [0.2, 0.25) is 0 Å². The first-order chi connectivity index (χ1) is 47.2. The topological polar surface area (TPSA) is 252 Å². The van der Waals surface area contributed by atoms with Crippen LogP contribution in [0.1, 0.15) is 265 Å². The summed E-state index contributed by atoms with van der Waals surface area (Å²) in [6, 6.07) is 13.0. The average molecular weight is 1420 g/mol. The number of phenolic OH excluding ortho intramolecular Hbond substituents is 1. The Balaban J connectivity index is 0.000000221. The van der Waals surface area contributed by atoms with Crippen molar-refractivity contribution in [3.05, 3.63) is 48.0 Å². The van der Waals surface area contributed by atoms with Crippen molar-refractivity contribution < 1.29 is 63.1 Å². The molecule has 1 unspecified atom stereocenters. The zero-order valence-electron chi connectivity index (χ0n) is 65.6. The SMILES string of the molecule is C(CCCN1CCOCC1)CCN1CCOCC1.CC1(C)CC(OC(=O)CCC(=O)OC2CC(C)(C)N(O)C(C)(C)C2)CC(C)(C)N1O.CCC(CCCCCCCC(=O)OC1CC(C)(C)NC(C)(C)C1)C(=O)OC1CC(C)(C)NC(C)(C)C1.Cc1ccc(O)c(-n2nc3ccccc3n2)c1. The van der Waals surface area contributed by atoms with E-state index in [1.807, 2.05) is 98.7 Å². The number of hydrogen-bond acceptors (Lipinski definition) is 21. The second-order valence-electron chi connectivity index (χ2n) is 34.9. The van der Waals surface area contributed by atoms with Gasteiger partial charge < -0.3 is 54.6 Å². The highest BCUT2D eigenvalue weighted by Gasteiger charge is 2.48. The van der Waals surface area contributed by atoms with E-state index < -0.39 is 34.1 Å². The number of carbonyl (C=O) groups excluding carboxylic acids is 4. The lowest BCUT2D eigenvalue weighted by atomic mass is 9.80. The van der Waals surface area contributed by atoms with E-state index in [1.54, 1.807) is 6.07 Å². The van der Waals surface area contributed by atoms with E-state index >= 15 is 0 Å². The molecule has 0 saturated carbocycles. The summed E-state index contributed by atoms with van der Waals surface area (Å²) in [6.45, 7) is 47.5. The number of unbranched alkanes of at least 4 members (excludes halogenated alkanes) is 7. The number of fused-ring (bicyclic) bond motifs is 1. The first kappa shape index (κ1) is 85.1. The molecule has 22 heteroatoms. The Bertz CT molecular complexity index is 2860. The number of aromatic nitrogens is 3. The molecule has 0 bridgehead atoms. The summed E-state index contributed by atoms with van der Waals surface area (Å²) in [6.07, 6.45) is 17.6. The minimum Gasteiger partial charge on any atom is -0.506 e. The smallest absolute Gasteiger partial charge is 0.309 e. The second-order valence-corrected chi connectivity index (χ2v) is 34.9. The molecule has 6 fully saturated rings. The largest absolute Gasteiger partial charge is 0.506 e. The maximum atomic E-state index is 12.9. The third-order valence-corrected chi connectivity index (χ3v) is 20.5. The number of nitrogens with one attached hydrogen (secondary N) is 2. The molecule has 1 aromatic heterocycles. The molecule has 0 radical (unpaired) electrons. The first-order valence-corrected chi connectivity index (χ1v) is 38.2. The number of hydroxylamine groups is 4. The molecule has 0 amide bonds. The van der Waals surface area contributed by atoms with E-state index in [0.29, 0.717) is 37.8 Å². The summed E-state index contributed by atoms with van der Waals surface area (Å²) >= 11 is 0. The Kier molecular flexibility index (Phi) is 31.9. The fourth-order valence-corrected chi connectivity index (χ4v) is 16.5. The van der Waals surface area contributed by atoms with Crippen LogP contribution in [-0.4, -0.2) is 209 Å². The number of morpholine rings is 2. The predicted molar refractivity (Wildman–Crippen MR) is 396 cm³/mol. The third kappa shape index (κ3) is 28.8. The zero-order chi connectivity index (χ0) is 74.6. The second kappa shape index (κ2) is 37.9. The van der Waals surface area contributed by atoms with Crippen LogP contribution in [0.5, 0.6) is 5.75 Å². The van der Waals surface area contributed by atoms with E-state index in [-0.39, 0.29) is 83.0 Å². The van der Waals surface area contributed by atoms with E-state index in [1.165, 1.54) is 53.7 Å². The normalized spacial score (nSPS) is 22.6. The monoisotopic (exact) mass is 1420 g/mol. The van der Waals surface area contributed by atoms with Crippen molar-refractivity contribution in [2.45, 2.75) is 335 Å². The molecule has 22 nitrogen and oxygen atoms in total. The van der Waals surface area contributed by atoms with Gasteiger partial charge >= 0.3 is 23.9 Å². The number of aryl methyl sites for hydroxylation is 1. The molecule has 5 N–H and O–H groups in total. The first-order valence-electron chi connectivity index (χ1n) is 38.2. The predicted octanol–water partition coefficient (Wildman–Crippen LogP) is 13.8. The van der Waals surface area contributed by atoms with Crippen LogP contribution in [0.3, 0.4) is 0 Å². The number of benzene rings is 2. The van der Waals surface area contributed by atoms with Gasteiger partial charge in [-0.25, -0.2) is 0 Å². The van der Waals surface area contributed by atoms with Gasteiger partial charge in [0.05, 0.1) is 45.2 Å². The summed E-state index contributed by atoms with van der Waals surface area (Å²) < 4.78 is 33.7. The minimum atomic E-state index is -0.507. The molecule has 1 atom stereocenters. The quantitative estimate of drug-likeness (QED) is 0.0300. The van der Waals surface area contributed by atoms with Gasteiger partial charge in [-0.05, 0) is 193 Å². The average Bonchev–Trinajstić information content (AvgIpc) is 1.52. The number of hydrogen-bond donors (Lipinski definition) is 5. The third-order valence-electron chi connectivity index (χ3n) is 20.5. The number of phenols is 1. The molecule has 7 heterocycles. The molecule has 574 valence electrons. The van der Waals surface area contributed by atoms with Crippen LogP contribution in [-0.2, 0) is 47.6 Å². The van der Waals surface area contributed by atoms with Gasteiger partial charge in [-0.1, -0.05) is 63.6 Å². The molecule has 101 heavy (non-hydrogen) atoms. The Morgan fingerprint density at radius 1 is 0.495 bits per heavy atom. The van der Waals surface area contributed by atoms with Crippen LogP contribution >= 0.6 is 0 Å². The van der Waals surface area contributed by atoms with Crippen LogP contribution in [0.15, 0.2) is 42.5 Å². The Hall–Kier alpha value is -4.88. The van der Waals surface area contributed by atoms with Crippen molar-refractivity contribution in [1.29, 1.82) is 0 Å². The molecule has 3 aromatic rings. The van der Waals surface area contributed by atoms with Crippen LogP contribution in [0.25, 0.3) is 16.7 Å². The molecule has 6 aliphatic rings. The summed E-state index contributed by atoms with van der Waals surface area (Å²) in [5.74, 6) is -0.786. The Morgan fingerprint density at radius 2 is 0.851 bits per heavy atom. The Labute approximate surface area is 606 Å². The van der Waals surface area contributed by atoms with Gasteiger partial charge in [0, 0.05) is 128 Å². The highest BCUT2D eigenvalue weighted by molar-refractivity contribution is 5.78. The lowest BCUT2D eigenvalue weighted by molar-refractivity contribution is -0.260. The highest BCUT2D eigenvalue weighted by atomic mass is 16.6. The summed E-state index contributed by atoms with van der Waals surface area (Å²) in [5.41, 5.74) is 1.16.